The fourth-order valence-electron chi connectivity index (χ4n) is 1.82. The summed E-state index contributed by atoms with van der Waals surface area (Å²) in [5.74, 6) is 0.836. The van der Waals surface area contributed by atoms with E-state index in [1.54, 1.807) is 4.68 Å². The van der Waals surface area contributed by atoms with Gasteiger partial charge in [-0.1, -0.05) is 36.4 Å². The van der Waals surface area contributed by atoms with E-state index >= 15 is 0 Å². The number of benzene rings is 1. The second-order valence-corrected chi connectivity index (χ2v) is 4.23. The van der Waals surface area contributed by atoms with Crippen molar-refractivity contribution in [3.8, 4) is 16.9 Å². The van der Waals surface area contributed by atoms with Crippen molar-refractivity contribution in [2.75, 3.05) is 0 Å². The van der Waals surface area contributed by atoms with Crippen molar-refractivity contribution >= 4 is 0 Å². The molecule has 0 fully saturated rings. The second-order valence-electron chi connectivity index (χ2n) is 4.23. The Balaban J connectivity index is 1.97. The Hall–Kier alpha value is -2.42. The zero-order valence-electron chi connectivity index (χ0n) is 10.1. The Morgan fingerprint density at radius 3 is 2.44 bits per heavy atom. The molecule has 1 aromatic carbocycles. The highest BCUT2D eigenvalue weighted by Crippen LogP contribution is 2.18. The molecule has 88 valence electrons. The van der Waals surface area contributed by atoms with E-state index in [-0.39, 0.29) is 0 Å². The van der Waals surface area contributed by atoms with E-state index < -0.39 is 0 Å². The summed E-state index contributed by atoms with van der Waals surface area (Å²) in [4.78, 5) is 4.36. The van der Waals surface area contributed by atoms with Gasteiger partial charge in [0.15, 0.2) is 5.82 Å². The smallest absolute Gasteiger partial charge is 0.153 e. The molecule has 0 aliphatic carbocycles. The first-order valence-electron chi connectivity index (χ1n) is 5.86. The average molecular weight is 235 g/mol. The maximum atomic E-state index is 4.36. The van der Waals surface area contributed by atoms with E-state index in [1.165, 1.54) is 0 Å². The first kappa shape index (κ1) is 10.7. The van der Waals surface area contributed by atoms with Crippen LogP contribution in [0.25, 0.3) is 16.9 Å². The highest BCUT2D eigenvalue weighted by atomic mass is 15.3. The highest BCUT2D eigenvalue weighted by molar-refractivity contribution is 5.61. The fourth-order valence-corrected chi connectivity index (χ4v) is 1.82. The standard InChI is InChI=1S/C15H13N3/c1-12-7-8-15(16-9-12)18-11-14(10-17-18)13-5-3-2-4-6-13/h2-11H,1H3. The van der Waals surface area contributed by atoms with Gasteiger partial charge in [0.05, 0.1) is 6.20 Å². The first-order valence-corrected chi connectivity index (χ1v) is 5.86. The number of nitrogens with zero attached hydrogens (tertiary/aromatic N) is 3. The van der Waals surface area contributed by atoms with Gasteiger partial charge in [0, 0.05) is 18.0 Å². The van der Waals surface area contributed by atoms with Gasteiger partial charge >= 0.3 is 0 Å². The van der Waals surface area contributed by atoms with Crippen LogP contribution in [0.2, 0.25) is 0 Å². The van der Waals surface area contributed by atoms with Crippen LogP contribution < -0.4 is 0 Å². The van der Waals surface area contributed by atoms with Crippen LogP contribution in [0.4, 0.5) is 0 Å². The summed E-state index contributed by atoms with van der Waals surface area (Å²) in [5.41, 5.74) is 3.41. The van der Waals surface area contributed by atoms with Gasteiger partial charge in [0.25, 0.3) is 0 Å². The van der Waals surface area contributed by atoms with E-state index in [0.717, 1.165) is 22.5 Å². The Bertz CT molecular complexity index is 639. The maximum Gasteiger partial charge on any atom is 0.153 e. The lowest BCUT2D eigenvalue weighted by molar-refractivity contribution is 0.845. The SMILES string of the molecule is Cc1ccc(-n2cc(-c3ccccc3)cn2)nc1. The number of hydrogen-bond donors (Lipinski definition) is 0. The van der Waals surface area contributed by atoms with Gasteiger partial charge in [-0.05, 0) is 24.1 Å². The third kappa shape index (κ3) is 2.02. The maximum absolute atomic E-state index is 4.36. The minimum absolute atomic E-state index is 0.836. The molecule has 0 saturated carbocycles. The van der Waals surface area contributed by atoms with Crippen molar-refractivity contribution in [3.63, 3.8) is 0 Å². The van der Waals surface area contributed by atoms with E-state index in [1.807, 2.05) is 55.8 Å². The van der Waals surface area contributed by atoms with Crippen molar-refractivity contribution in [1.29, 1.82) is 0 Å². The molecule has 3 nitrogen and oxygen atoms in total. The zero-order chi connectivity index (χ0) is 12.4. The Kier molecular flexibility index (Phi) is 2.65. The van der Waals surface area contributed by atoms with Gasteiger partial charge < -0.3 is 0 Å². The van der Waals surface area contributed by atoms with Gasteiger partial charge in [0.2, 0.25) is 0 Å². The molecule has 0 bridgehead atoms. The monoisotopic (exact) mass is 235 g/mol. The van der Waals surface area contributed by atoms with Gasteiger partial charge in [-0.25, -0.2) is 9.67 Å². The number of aryl methyl sites for hydroxylation is 1. The minimum Gasteiger partial charge on any atom is -0.237 e. The molecule has 0 radical (unpaired) electrons. The highest BCUT2D eigenvalue weighted by Gasteiger charge is 2.03. The number of pyridine rings is 1. The molecular formula is C15H13N3. The van der Waals surface area contributed by atoms with Crippen LogP contribution in [-0.2, 0) is 0 Å². The molecule has 2 aromatic heterocycles. The van der Waals surface area contributed by atoms with Crippen molar-refractivity contribution < 1.29 is 0 Å². The summed E-state index contributed by atoms with van der Waals surface area (Å²) in [7, 11) is 0. The molecule has 0 saturated heterocycles. The molecule has 0 unspecified atom stereocenters. The number of rotatable bonds is 2. The molecular weight excluding hydrogens is 222 g/mol. The summed E-state index contributed by atoms with van der Waals surface area (Å²) in [6.07, 6.45) is 5.70. The Morgan fingerprint density at radius 1 is 0.889 bits per heavy atom. The molecule has 2 heterocycles. The topological polar surface area (TPSA) is 30.7 Å². The predicted molar refractivity (Wildman–Crippen MR) is 71.5 cm³/mol. The van der Waals surface area contributed by atoms with E-state index in [0.29, 0.717) is 0 Å². The largest absolute Gasteiger partial charge is 0.237 e. The first-order chi connectivity index (χ1) is 8.83. The van der Waals surface area contributed by atoms with Crippen LogP contribution in [0.1, 0.15) is 5.56 Å². The van der Waals surface area contributed by atoms with Crippen LogP contribution in [0.5, 0.6) is 0 Å². The molecule has 0 amide bonds. The average Bonchev–Trinajstić information content (AvgIpc) is 2.90. The second kappa shape index (κ2) is 4.45. The molecule has 0 aliphatic rings. The van der Waals surface area contributed by atoms with Gasteiger partial charge in [-0.3, -0.25) is 0 Å². The molecule has 0 N–H and O–H groups in total. The number of hydrogen-bond acceptors (Lipinski definition) is 2. The summed E-state index contributed by atoms with van der Waals surface area (Å²) < 4.78 is 1.79. The van der Waals surface area contributed by atoms with Gasteiger partial charge in [-0.15, -0.1) is 0 Å². The lowest BCUT2D eigenvalue weighted by Crippen LogP contribution is -1.96. The third-order valence-corrected chi connectivity index (χ3v) is 2.82. The molecule has 3 aromatic rings. The fraction of sp³-hybridized carbons (Fsp3) is 0.0667. The van der Waals surface area contributed by atoms with Crippen LogP contribution >= 0.6 is 0 Å². The normalized spacial score (nSPS) is 10.5. The van der Waals surface area contributed by atoms with Crippen LogP contribution in [0.3, 0.4) is 0 Å². The molecule has 0 aliphatic heterocycles. The predicted octanol–water partition coefficient (Wildman–Crippen LogP) is 3.24. The molecule has 0 spiro atoms. The van der Waals surface area contributed by atoms with E-state index in [9.17, 15) is 0 Å². The molecule has 3 rings (SSSR count). The van der Waals surface area contributed by atoms with Crippen LogP contribution in [-0.4, -0.2) is 14.8 Å². The van der Waals surface area contributed by atoms with Crippen LogP contribution in [0, 0.1) is 6.92 Å². The molecule has 3 heteroatoms. The summed E-state index contributed by atoms with van der Waals surface area (Å²) in [5, 5.41) is 4.35. The number of aromatic nitrogens is 3. The van der Waals surface area contributed by atoms with Crippen molar-refractivity contribution in [3.05, 3.63) is 66.6 Å². The van der Waals surface area contributed by atoms with Crippen molar-refractivity contribution in [1.82, 2.24) is 14.8 Å². The van der Waals surface area contributed by atoms with Crippen molar-refractivity contribution in [2.45, 2.75) is 6.92 Å². The Labute approximate surface area is 106 Å². The zero-order valence-corrected chi connectivity index (χ0v) is 10.1. The van der Waals surface area contributed by atoms with E-state index in [4.69, 9.17) is 0 Å². The third-order valence-electron chi connectivity index (χ3n) is 2.82. The molecule has 0 atom stereocenters. The Morgan fingerprint density at radius 2 is 1.72 bits per heavy atom. The van der Waals surface area contributed by atoms with Gasteiger partial charge in [0.1, 0.15) is 0 Å². The summed E-state index contributed by atoms with van der Waals surface area (Å²) in [6, 6.07) is 14.2. The summed E-state index contributed by atoms with van der Waals surface area (Å²) >= 11 is 0. The summed E-state index contributed by atoms with van der Waals surface area (Å²) in [6.45, 7) is 2.02. The van der Waals surface area contributed by atoms with Crippen molar-refractivity contribution in [2.24, 2.45) is 0 Å². The van der Waals surface area contributed by atoms with Gasteiger partial charge in [-0.2, -0.15) is 5.10 Å². The lowest BCUT2D eigenvalue weighted by atomic mass is 10.1. The lowest BCUT2D eigenvalue weighted by Gasteiger charge is -2.00. The quantitative estimate of drug-likeness (QED) is 0.682. The molecule has 18 heavy (non-hydrogen) atoms. The van der Waals surface area contributed by atoms with E-state index in [2.05, 4.69) is 22.2 Å². The van der Waals surface area contributed by atoms with Crippen LogP contribution in [0.15, 0.2) is 61.1 Å². The minimum atomic E-state index is 0.836.